The molecule has 1 N–H and O–H groups in total. The van der Waals surface area contributed by atoms with Crippen LogP contribution < -0.4 is 14.8 Å². The van der Waals surface area contributed by atoms with Crippen molar-refractivity contribution in [3.63, 3.8) is 0 Å². The number of nitrogens with one attached hydrogen (secondary N) is 1. The summed E-state index contributed by atoms with van der Waals surface area (Å²) in [6, 6.07) is 6.16. The lowest BCUT2D eigenvalue weighted by Gasteiger charge is -2.22. The summed E-state index contributed by atoms with van der Waals surface area (Å²) < 4.78 is 10.5. The second-order valence-corrected chi connectivity index (χ2v) is 4.83. The van der Waals surface area contributed by atoms with Gasteiger partial charge in [-0.05, 0) is 37.6 Å². The Morgan fingerprint density at radius 1 is 1.10 bits per heavy atom. The summed E-state index contributed by atoms with van der Waals surface area (Å²) in [7, 11) is 5.05. The molecule has 1 atom stereocenters. The molecule has 0 aliphatic carbocycles. The van der Waals surface area contributed by atoms with E-state index in [1.807, 2.05) is 7.05 Å². The number of rotatable bonds is 5. The maximum Gasteiger partial charge on any atom is 0.240 e. The zero-order valence-electron chi connectivity index (χ0n) is 13.1. The van der Waals surface area contributed by atoms with Gasteiger partial charge in [0.1, 0.15) is 5.69 Å². The molecule has 21 heavy (non-hydrogen) atoms. The van der Waals surface area contributed by atoms with E-state index in [1.54, 1.807) is 20.4 Å². The Hall–Kier alpha value is -2.14. The summed E-state index contributed by atoms with van der Waals surface area (Å²) in [4.78, 5) is 8.79. The number of hydrogen-bond acceptors (Lipinski definition) is 5. The van der Waals surface area contributed by atoms with Crippen LogP contribution in [0.3, 0.4) is 0 Å². The third-order valence-electron chi connectivity index (χ3n) is 3.54. The van der Waals surface area contributed by atoms with Crippen LogP contribution in [0.15, 0.2) is 24.4 Å². The van der Waals surface area contributed by atoms with Crippen LogP contribution in [0.2, 0.25) is 0 Å². The zero-order valence-corrected chi connectivity index (χ0v) is 13.1. The van der Waals surface area contributed by atoms with Gasteiger partial charge in [-0.1, -0.05) is 18.2 Å². The summed E-state index contributed by atoms with van der Waals surface area (Å²) in [5.41, 5.74) is 4.35. The van der Waals surface area contributed by atoms with Gasteiger partial charge in [-0.15, -0.1) is 0 Å². The molecule has 1 unspecified atom stereocenters. The normalized spacial score (nSPS) is 12.0. The van der Waals surface area contributed by atoms with Crippen molar-refractivity contribution in [1.82, 2.24) is 15.3 Å². The minimum absolute atomic E-state index is 0.0837. The number of ether oxygens (including phenoxy) is 2. The largest absolute Gasteiger partial charge is 0.480 e. The monoisotopic (exact) mass is 287 g/mol. The molecule has 5 heteroatoms. The summed E-state index contributed by atoms with van der Waals surface area (Å²) in [6.07, 6.45) is 1.61. The molecule has 1 aromatic heterocycles. The second kappa shape index (κ2) is 6.54. The fourth-order valence-corrected chi connectivity index (χ4v) is 2.51. The van der Waals surface area contributed by atoms with Crippen LogP contribution in [0, 0.1) is 13.8 Å². The average Bonchev–Trinajstić information content (AvgIpc) is 2.50. The highest BCUT2D eigenvalue weighted by atomic mass is 16.5. The van der Waals surface area contributed by atoms with Crippen molar-refractivity contribution in [3.05, 3.63) is 46.8 Å². The third kappa shape index (κ3) is 2.97. The smallest absolute Gasteiger partial charge is 0.240 e. The molecule has 0 spiro atoms. The van der Waals surface area contributed by atoms with Gasteiger partial charge >= 0.3 is 0 Å². The topological polar surface area (TPSA) is 56.3 Å². The Kier molecular flexibility index (Phi) is 4.75. The van der Waals surface area contributed by atoms with E-state index < -0.39 is 0 Å². The molecular weight excluding hydrogens is 266 g/mol. The fourth-order valence-electron chi connectivity index (χ4n) is 2.51. The molecule has 0 bridgehead atoms. The van der Waals surface area contributed by atoms with Crippen LogP contribution in [0.4, 0.5) is 0 Å². The summed E-state index contributed by atoms with van der Waals surface area (Å²) >= 11 is 0. The number of aromatic nitrogens is 2. The van der Waals surface area contributed by atoms with Crippen LogP contribution in [0.5, 0.6) is 11.8 Å². The van der Waals surface area contributed by atoms with E-state index in [0.29, 0.717) is 11.8 Å². The first-order chi connectivity index (χ1) is 10.1. The van der Waals surface area contributed by atoms with E-state index in [9.17, 15) is 0 Å². The maximum atomic E-state index is 5.38. The number of methoxy groups -OCH3 is 2. The summed E-state index contributed by atoms with van der Waals surface area (Å²) in [5.74, 6) is 0.906. The molecule has 2 aromatic rings. The van der Waals surface area contributed by atoms with Crippen LogP contribution in [0.1, 0.15) is 28.4 Å². The SMILES string of the molecule is CNC(c1ncc(OC)nc1OC)c1c(C)cccc1C. The average molecular weight is 287 g/mol. The van der Waals surface area contributed by atoms with E-state index in [-0.39, 0.29) is 6.04 Å². The van der Waals surface area contributed by atoms with Crippen LogP contribution in [0.25, 0.3) is 0 Å². The molecular formula is C16H21N3O2. The van der Waals surface area contributed by atoms with Gasteiger partial charge in [0, 0.05) is 0 Å². The molecule has 2 rings (SSSR count). The lowest BCUT2D eigenvalue weighted by molar-refractivity contribution is 0.353. The molecule has 112 valence electrons. The summed E-state index contributed by atoms with van der Waals surface area (Å²) in [6.45, 7) is 4.19. The van der Waals surface area contributed by atoms with Crippen molar-refractivity contribution in [2.75, 3.05) is 21.3 Å². The number of nitrogens with zero attached hydrogens (tertiary/aromatic N) is 2. The van der Waals surface area contributed by atoms with E-state index in [1.165, 1.54) is 16.7 Å². The predicted octanol–water partition coefficient (Wildman–Crippen LogP) is 2.42. The molecule has 0 aliphatic heterocycles. The Morgan fingerprint density at radius 3 is 2.29 bits per heavy atom. The van der Waals surface area contributed by atoms with E-state index in [0.717, 1.165) is 5.69 Å². The minimum Gasteiger partial charge on any atom is -0.480 e. The first-order valence-electron chi connectivity index (χ1n) is 6.80. The van der Waals surface area contributed by atoms with Crippen molar-refractivity contribution in [2.45, 2.75) is 19.9 Å². The van der Waals surface area contributed by atoms with Gasteiger partial charge in [0.15, 0.2) is 0 Å². The highest BCUT2D eigenvalue weighted by Crippen LogP contribution is 2.31. The minimum atomic E-state index is -0.0837. The van der Waals surface area contributed by atoms with Crippen LogP contribution in [-0.2, 0) is 0 Å². The first-order valence-corrected chi connectivity index (χ1v) is 6.80. The van der Waals surface area contributed by atoms with E-state index in [4.69, 9.17) is 9.47 Å². The Morgan fingerprint density at radius 2 is 1.76 bits per heavy atom. The maximum absolute atomic E-state index is 5.38. The van der Waals surface area contributed by atoms with Gasteiger partial charge in [0.2, 0.25) is 11.8 Å². The zero-order chi connectivity index (χ0) is 15.4. The van der Waals surface area contributed by atoms with Gasteiger partial charge in [-0.2, -0.15) is 4.98 Å². The number of benzene rings is 1. The molecule has 0 fully saturated rings. The molecule has 0 amide bonds. The van der Waals surface area contributed by atoms with Gasteiger partial charge in [0.25, 0.3) is 0 Å². The molecule has 0 radical (unpaired) electrons. The molecule has 0 aliphatic rings. The summed E-state index contributed by atoms with van der Waals surface area (Å²) in [5, 5.41) is 3.31. The van der Waals surface area contributed by atoms with Crippen molar-refractivity contribution in [3.8, 4) is 11.8 Å². The van der Waals surface area contributed by atoms with Crippen LogP contribution in [-0.4, -0.2) is 31.2 Å². The first kappa shape index (κ1) is 15.3. The highest BCUT2D eigenvalue weighted by molar-refractivity contribution is 5.42. The number of hydrogen-bond donors (Lipinski definition) is 1. The van der Waals surface area contributed by atoms with Crippen molar-refractivity contribution < 1.29 is 9.47 Å². The lowest BCUT2D eigenvalue weighted by Crippen LogP contribution is -2.22. The Labute approximate surface area is 125 Å². The van der Waals surface area contributed by atoms with Gasteiger partial charge in [-0.3, -0.25) is 0 Å². The highest BCUT2D eigenvalue weighted by Gasteiger charge is 2.23. The predicted molar refractivity (Wildman–Crippen MR) is 82.0 cm³/mol. The van der Waals surface area contributed by atoms with Crippen molar-refractivity contribution >= 4 is 0 Å². The van der Waals surface area contributed by atoms with Crippen LogP contribution >= 0.6 is 0 Å². The Balaban J connectivity index is 2.56. The van der Waals surface area contributed by atoms with Crippen molar-refractivity contribution in [2.24, 2.45) is 0 Å². The standard InChI is InChI=1S/C16H21N3O2/c1-10-7-6-8-11(2)13(10)14(17-3)15-16(21-5)19-12(20-4)9-18-15/h6-9,14,17H,1-5H3. The van der Waals surface area contributed by atoms with E-state index >= 15 is 0 Å². The molecule has 1 heterocycles. The molecule has 0 saturated carbocycles. The Bertz CT molecular complexity index is 609. The lowest BCUT2D eigenvalue weighted by atomic mass is 9.94. The second-order valence-electron chi connectivity index (χ2n) is 4.83. The van der Waals surface area contributed by atoms with Gasteiger partial charge < -0.3 is 14.8 Å². The van der Waals surface area contributed by atoms with Crippen molar-refractivity contribution in [1.29, 1.82) is 0 Å². The third-order valence-corrected chi connectivity index (χ3v) is 3.54. The van der Waals surface area contributed by atoms with E-state index in [2.05, 4.69) is 47.3 Å². The fraction of sp³-hybridized carbons (Fsp3) is 0.375. The number of aryl methyl sites for hydroxylation is 2. The molecule has 0 saturated heterocycles. The quantitative estimate of drug-likeness (QED) is 0.915. The van der Waals surface area contributed by atoms with Gasteiger partial charge in [-0.25, -0.2) is 4.98 Å². The van der Waals surface area contributed by atoms with Gasteiger partial charge in [0.05, 0.1) is 26.5 Å². The molecule has 1 aromatic carbocycles. The molecule has 5 nitrogen and oxygen atoms in total.